The summed E-state index contributed by atoms with van der Waals surface area (Å²) >= 11 is 0. The van der Waals surface area contributed by atoms with Crippen molar-refractivity contribution in [3.05, 3.63) is 23.8 Å². The molecule has 1 heterocycles. The van der Waals surface area contributed by atoms with Gasteiger partial charge in [-0.1, -0.05) is 0 Å². The molecule has 2 rings (SSSR count). The highest BCUT2D eigenvalue weighted by Gasteiger charge is 2.23. The Morgan fingerprint density at radius 3 is 3.00 bits per heavy atom. The van der Waals surface area contributed by atoms with Gasteiger partial charge in [0.2, 0.25) is 10.0 Å². The summed E-state index contributed by atoms with van der Waals surface area (Å²) < 4.78 is 26.9. The quantitative estimate of drug-likeness (QED) is 0.660. The first-order valence-corrected chi connectivity index (χ1v) is 7.37. The SMILES string of the molecule is NS(=O)(=O)CCCNC1COc2cc(O)ccc21. The van der Waals surface area contributed by atoms with Crippen molar-refractivity contribution in [2.24, 2.45) is 5.14 Å². The molecule has 1 aromatic rings. The Morgan fingerprint density at radius 2 is 2.28 bits per heavy atom. The third kappa shape index (κ3) is 3.34. The number of fused-ring (bicyclic) bond motifs is 1. The lowest BCUT2D eigenvalue weighted by atomic mass is 10.1. The second-order valence-corrected chi connectivity index (χ2v) is 5.99. The fraction of sp³-hybridized carbons (Fsp3) is 0.455. The number of phenolic OH excluding ortho intramolecular Hbond substituents is 1. The van der Waals surface area contributed by atoms with Crippen LogP contribution in [0, 0.1) is 0 Å². The molecule has 4 N–H and O–H groups in total. The van der Waals surface area contributed by atoms with Crippen LogP contribution in [-0.4, -0.2) is 32.4 Å². The molecule has 0 saturated heterocycles. The van der Waals surface area contributed by atoms with Crippen molar-refractivity contribution in [2.45, 2.75) is 12.5 Å². The zero-order chi connectivity index (χ0) is 13.2. The molecule has 18 heavy (non-hydrogen) atoms. The van der Waals surface area contributed by atoms with Crippen LogP contribution < -0.4 is 15.2 Å². The van der Waals surface area contributed by atoms with Gasteiger partial charge in [0.25, 0.3) is 0 Å². The van der Waals surface area contributed by atoms with Crippen LogP contribution in [0.25, 0.3) is 0 Å². The van der Waals surface area contributed by atoms with Gasteiger partial charge in [0.15, 0.2) is 0 Å². The lowest BCUT2D eigenvalue weighted by molar-refractivity contribution is 0.310. The third-order valence-corrected chi connectivity index (χ3v) is 3.63. The number of rotatable bonds is 5. The summed E-state index contributed by atoms with van der Waals surface area (Å²) in [6.07, 6.45) is 0.461. The van der Waals surface area contributed by atoms with Crippen LogP contribution in [0.5, 0.6) is 11.5 Å². The van der Waals surface area contributed by atoms with E-state index in [0.29, 0.717) is 25.3 Å². The van der Waals surface area contributed by atoms with Gasteiger partial charge < -0.3 is 15.2 Å². The maximum absolute atomic E-state index is 10.8. The van der Waals surface area contributed by atoms with E-state index >= 15 is 0 Å². The van der Waals surface area contributed by atoms with Crippen molar-refractivity contribution in [1.82, 2.24) is 5.32 Å². The molecule has 0 amide bonds. The van der Waals surface area contributed by atoms with Gasteiger partial charge in [0.05, 0.1) is 11.8 Å². The summed E-state index contributed by atoms with van der Waals surface area (Å²) in [6.45, 7) is 1.03. The van der Waals surface area contributed by atoms with Gasteiger partial charge >= 0.3 is 0 Å². The van der Waals surface area contributed by atoms with E-state index in [0.717, 1.165) is 5.56 Å². The molecule has 0 fully saturated rings. The van der Waals surface area contributed by atoms with Gasteiger partial charge in [-0.3, -0.25) is 0 Å². The van der Waals surface area contributed by atoms with E-state index in [1.807, 2.05) is 0 Å². The molecule has 1 aliphatic rings. The highest BCUT2D eigenvalue weighted by atomic mass is 32.2. The summed E-state index contributed by atoms with van der Waals surface area (Å²) in [4.78, 5) is 0. The minimum absolute atomic E-state index is 0.0288. The Balaban J connectivity index is 1.87. The van der Waals surface area contributed by atoms with Crippen molar-refractivity contribution < 1.29 is 18.3 Å². The number of hydrogen-bond acceptors (Lipinski definition) is 5. The number of sulfonamides is 1. The number of benzene rings is 1. The topological polar surface area (TPSA) is 102 Å². The summed E-state index contributed by atoms with van der Waals surface area (Å²) in [7, 11) is -3.39. The Hall–Kier alpha value is -1.31. The Kier molecular flexibility index (Phi) is 3.74. The van der Waals surface area contributed by atoms with Gasteiger partial charge in [0, 0.05) is 11.6 Å². The maximum Gasteiger partial charge on any atom is 0.209 e. The Labute approximate surface area is 106 Å². The number of nitrogens with two attached hydrogens (primary N) is 1. The van der Waals surface area contributed by atoms with Crippen LogP contribution in [-0.2, 0) is 10.0 Å². The predicted molar refractivity (Wildman–Crippen MR) is 66.9 cm³/mol. The lowest BCUT2D eigenvalue weighted by Gasteiger charge is -2.11. The normalized spacial score (nSPS) is 18.4. The highest BCUT2D eigenvalue weighted by Crippen LogP contribution is 2.34. The molecule has 0 spiro atoms. The molecule has 6 nitrogen and oxygen atoms in total. The van der Waals surface area contributed by atoms with Gasteiger partial charge in [-0.05, 0) is 25.1 Å². The smallest absolute Gasteiger partial charge is 0.209 e. The average Bonchev–Trinajstić information content (AvgIpc) is 2.65. The molecule has 0 radical (unpaired) electrons. The van der Waals surface area contributed by atoms with Crippen molar-refractivity contribution in [3.8, 4) is 11.5 Å². The van der Waals surface area contributed by atoms with Crippen LogP contribution in [0.15, 0.2) is 18.2 Å². The van der Waals surface area contributed by atoms with Crippen LogP contribution in [0.1, 0.15) is 18.0 Å². The second kappa shape index (κ2) is 5.13. The fourth-order valence-corrected chi connectivity index (χ4v) is 2.46. The molecule has 0 aromatic heterocycles. The van der Waals surface area contributed by atoms with Crippen molar-refractivity contribution >= 4 is 10.0 Å². The van der Waals surface area contributed by atoms with E-state index in [1.165, 1.54) is 0 Å². The average molecular weight is 272 g/mol. The first-order chi connectivity index (χ1) is 8.46. The number of ether oxygens (including phenoxy) is 1. The number of nitrogens with one attached hydrogen (secondary N) is 1. The van der Waals surface area contributed by atoms with E-state index in [2.05, 4.69) is 5.32 Å². The molecule has 100 valence electrons. The van der Waals surface area contributed by atoms with E-state index in [1.54, 1.807) is 18.2 Å². The highest BCUT2D eigenvalue weighted by molar-refractivity contribution is 7.89. The monoisotopic (exact) mass is 272 g/mol. The van der Waals surface area contributed by atoms with Crippen LogP contribution in [0.4, 0.5) is 0 Å². The molecule has 1 atom stereocenters. The first kappa shape index (κ1) is 13.1. The van der Waals surface area contributed by atoms with Crippen molar-refractivity contribution in [2.75, 3.05) is 18.9 Å². The molecular formula is C11H16N2O4S. The van der Waals surface area contributed by atoms with Crippen molar-refractivity contribution in [3.63, 3.8) is 0 Å². The molecule has 0 aliphatic carbocycles. The van der Waals surface area contributed by atoms with Crippen LogP contribution >= 0.6 is 0 Å². The fourth-order valence-electron chi connectivity index (χ4n) is 1.92. The minimum atomic E-state index is -3.39. The predicted octanol–water partition coefficient (Wildman–Crippen LogP) is 0.0939. The largest absolute Gasteiger partial charge is 0.508 e. The molecule has 0 saturated carbocycles. The molecule has 1 aliphatic heterocycles. The van der Waals surface area contributed by atoms with Gasteiger partial charge in [-0.25, -0.2) is 13.6 Å². The van der Waals surface area contributed by atoms with Crippen molar-refractivity contribution in [1.29, 1.82) is 0 Å². The molecule has 1 aromatic carbocycles. The molecule has 7 heteroatoms. The number of aromatic hydroxyl groups is 1. The third-order valence-electron chi connectivity index (χ3n) is 2.77. The summed E-state index contributed by atoms with van der Waals surface area (Å²) in [5, 5.41) is 17.4. The zero-order valence-corrected chi connectivity index (χ0v) is 10.6. The van der Waals surface area contributed by atoms with Crippen LogP contribution in [0.2, 0.25) is 0 Å². The minimum Gasteiger partial charge on any atom is -0.508 e. The standard InChI is InChI=1S/C11H16N2O4S/c12-18(15,16)5-1-4-13-10-7-17-11-6-8(14)2-3-9(10)11/h2-3,6,10,13-14H,1,4-5,7H2,(H2,12,15,16). The molecule has 0 bridgehead atoms. The summed E-state index contributed by atoms with van der Waals surface area (Å²) in [5.41, 5.74) is 0.975. The maximum atomic E-state index is 10.8. The van der Waals surface area contributed by atoms with Gasteiger partial charge in [-0.15, -0.1) is 0 Å². The lowest BCUT2D eigenvalue weighted by Crippen LogP contribution is -2.26. The Bertz CT molecular complexity index is 530. The number of primary sulfonamides is 1. The van der Waals surface area contributed by atoms with E-state index in [4.69, 9.17) is 9.88 Å². The van der Waals surface area contributed by atoms with E-state index in [9.17, 15) is 13.5 Å². The zero-order valence-electron chi connectivity index (χ0n) is 9.80. The summed E-state index contributed by atoms with van der Waals surface area (Å²) in [6, 6.07) is 5.00. The van der Waals surface area contributed by atoms with Gasteiger partial charge in [0.1, 0.15) is 18.1 Å². The van der Waals surface area contributed by atoms with Gasteiger partial charge in [-0.2, -0.15) is 0 Å². The van der Waals surface area contributed by atoms with Crippen LogP contribution in [0.3, 0.4) is 0 Å². The van der Waals surface area contributed by atoms with E-state index < -0.39 is 10.0 Å². The second-order valence-electron chi connectivity index (χ2n) is 4.26. The Morgan fingerprint density at radius 1 is 1.50 bits per heavy atom. The summed E-state index contributed by atoms with van der Waals surface area (Å²) in [5.74, 6) is 0.804. The molecular weight excluding hydrogens is 256 g/mol. The molecule has 1 unspecified atom stereocenters. The van der Waals surface area contributed by atoms with E-state index in [-0.39, 0.29) is 17.5 Å². The first-order valence-electron chi connectivity index (χ1n) is 5.65. The number of hydrogen-bond donors (Lipinski definition) is 3. The number of phenols is 1.